The van der Waals surface area contributed by atoms with Crippen LogP contribution >= 0.6 is 11.6 Å². The minimum Gasteiger partial charge on any atom is -0.439 e. The predicted octanol–water partition coefficient (Wildman–Crippen LogP) is 7.48. The first-order valence-corrected chi connectivity index (χ1v) is 9.40. The van der Waals surface area contributed by atoms with Gasteiger partial charge >= 0.3 is 12.4 Å². The molecule has 0 saturated heterocycles. The number of ether oxygens (including phenoxy) is 1. The molecule has 0 amide bonds. The lowest BCUT2D eigenvalue weighted by Crippen LogP contribution is -2.25. The lowest BCUT2D eigenvalue weighted by atomic mass is 9.93. The maximum absolute atomic E-state index is 14.0. The minimum atomic E-state index is -4.81. The second-order valence-electron chi connectivity index (χ2n) is 7.72. The third-order valence-corrected chi connectivity index (χ3v) is 5.67. The van der Waals surface area contributed by atoms with Gasteiger partial charge in [0.25, 0.3) is 0 Å². The number of allylic oxidation sites excluding steroid dienone is 2. The molecule has 1 aliphatic rings. The van der Waals surface area contributed by atoms with Crippen LogP contribution in [0.1, 0.15) is 25.5 Å². The molecule has 1 heterocycles. The summed E-state index contributed by atoms with van der Waals surface area (Å²) < 4.78 is 85.8. The van der Waals surface area contributed by atoms with Crippen LogP contribution in [0.15, 0.2) is 59.6 Å². The average Bonchev–Trinajstić information content (AvgIpc) is 3.14. The Bertz CT molecular complexity index is 923. The Balaban J connectivity index is 1.94. The molecule has 162 valence electrons. The van der Waals surface area contributed by atoms with Crippen LogP contribution in [0.2, 0.25) is 0 Å². The van der Waals surface area contributed by atoms with Gasteiger partial charge in [0, 0.05) is 6.07 Å². The molecule has 30 heavy (non-hydrogen) atoms. The van der Waals surface area contributed by atoms with E-state index in [-0.39, 0.29) is 11.6 Å². The van der Waals surface area contributed by atoms with Gasteiger partial charge in [0.05, 0.1) is 5.69 Å². The summed E-state index contributed by atoms with van der Waals surface area (Å²) in [5.41, 5.74) is -1.35. The van der Waals surface area contributed by atoms with E-state index in [1.165, 1.54) is 32.0 Å². The number of benzene rings is 1. The summed E-state index contributed by atoms with van der Waals surface area (Å²) in [5, 5.41) is -1.42. The molecule has 1 aromatic carbocycles. The topological polar surface area (TPSA) is 22.1 Å². The highest BCUT2D eigenvalue weighted by atomic mass is 35.5. The van der Waals surface area contributed by atoms with Crippen molar-refractivity contribution >= 4 is 11.6 Å². The Labute approximate surface area is 174 Å². The number of para-hydroxylation sites is 1. The molecule has 1 aromatic heterocycles. The number of aromatic nitrogens is 1. The Morgan fingerprint density at radius 2 is 1.67 bits per heavy atom. The second kappa shape index (κ2) is 7.80. The van der Waals surface area contributed by atoms with Crippen LogP contribution < -0.4 is 4.74 Å². The molecule has 1 saturated carbocycles. The van der Waals surface area contributed by atoms with Crippen LogP contribution in [0.4, 0.5) is 26.3 Å². The van der Waals surface area contributed by atoms with Crippen molar-refractivity contribution in [2.24, 2.45) is 17.3 Å². The highest BCUT2D eigenvalue weighted by molar-refractivity contribution is 6.30. The number of hydrogen-bond donors (Lipinski definition) is 0. The summed E-state index contributed by atoms with van der Waals surface area (Å²) in [6, 6.07) is 12.4. The van der Waals surface area contributed by atoms with Gasteiger partial charge in [-0.15, -0.1) is 0 Å². The van der Waals surface area contributed by atoms with Gasteiger partial charge < -0.3 is 4.74 Å². The smallest absolute Gasteiger partial charge is 0.426 e. The van der Waals surface area contributed by atoms with Crippen molar-refractivity contribution in [1.82, 2.24) is 4.98 Å². The van der Waals surface area contributed by atoms with Gasteiger partial charge in [0.2, 0.25) is 5.88 Å². The first kappa shape index (κ1) is 22.5. The number of alkyl halides is 6. The SMILES string of the molecule is CC1(C)[C@@H](C=C(Cl)C(F)(F)F)[C@@H]1C(c1cccc(Oc2ccccc2)n1)C(F)(F)F. The Hall–Kier alpha value is -2.22. The van der Waals surface area contributed by atoms with E-state index >= 15 is 0 Å². The molecule has 2 nitrogen and oxygen atoms in total. The van der Waals surface area contributed by atoms with Gasteiger partial charge in [0.1, 0.15) is 16.7 Å². The monoisotopic (exact) mass is 449 g/mol. The number of rotatable bonds is 5. The van der Waals surface area contributed by atoms with Crippen molar-refractivity contribution in [2.45, 2.75) is 32.1 Å². The first-order chi connectivity index (χ1) is 13.8. The molecule has 0 N–H and O–H groups in total. The summed E-state index contributed by atoms with van der Waals surface area (Å²) in [4.78, 5) is 4.01. The fourth-order valence-electron chi connectivity index (χ4n) is 3.75. The Morgan fingerprint density at radius 3 is 2.23 bits per heavy atom. The largest absolute Gasteiger partial charge is 0.439 e. The molecule has 0 aliphatic heterocycles. The number of pyridine rings is 1. The summed E-state index contributed by atoms with van der Waals surface area (Å²) in [6.07, 6.45) is -8.84. The van der Waals surface area contributed by atoms with Crippen molar-refractivity contribution in [2.75, 3.05) is 0 Å². The number of halogens is 7. The molecule has 1 aliphatic carbocycles. The second-order valence-corrected chi connectivity index (χ2v) is 8.13. The molecule has 0 bridgehead atoms. The molecule has 1 unspecified atom stereocenters. The van der Waals surface area contributed by atoms with Crippen molar-refractivity contribution in [3.05, 3.63) is 65.3 Å². The summed E-state index contributed by atoms with van der Waals surface area (Å²) >= 11 is 5.28. The van der Waals surface area contributed by atoms with Crippen molar-refractivity contribution in [3.63, 3.8) is 0 Å². The molecular formula is C21H18ClF6NO. The van der Waals surface area contributed by atoms with Crippen LogP contribution in [-0.2, 0) is 0 Å². The Kier molecular flexibility index (Phi) is 5.84. The fourth-order valence-corrected chi connectivity index (χ4v) is 3.89. The standard InChI is InChI=1S/C21H18ClF6NO/c1-19(2)13(11-15(22)20(23,24)25)17(19)18(21(26,27)28)14-9-6-10-16(29-14)30-12-7-4-3-5-8-12/h3-11,13,17-18H,1-2H3/t13-,17+,18?/m0/s1. The highest BCUT2D eigenvalue weighted by Gasteiger charge is 2.66. The van der Waals surface area contributed by atoms with E-state index in [1.54, 1.807) is 30.3 Å². The third-order valence-electron chi connectivity index (χ3n) is 5.33. The van der Waals surface area contributed by atoms with Gasteiger partial charge in [-0.2, -0.15) is 26.3 Å². The van der Waals surface area contributed by atoms with E-state index < -0.39 is 40.6 Å². The van der Waals surface area contributed by atoms with E-state index in [0.717, 1.165) is 0 Å². The Morgan fingerprint density at radius 1 is 1.03 bits per heavy atom. The normalized spacial score (nSPS) is 22.5. The maximum atomic E-state index is 14.0. The minimum absolute atomic E-state index is 0.0353. The maximum Gasteiger partial charge on any atom is 0.426 e. The molecule has 9 heteroatoms. The van der Waals surface area contributed by atoms with Crippen molar-refractivity contribution in [1.29, 1.82) is 0 Å². The van der Waals surface area contributed by atoms with E-state index in [9.17, 15) is 26.3 Å². The quantitative estimate of drug-likeness (QED) is 0.441. The summed E-state index contributed by atoms with van der Waals surface area (Å²) in [6.45, 7) is 2.98. The van der Waals surface area contributed by atoms with Crippen LogP contribution in [0.5, 0.6) is 11.6 Å². The van der Waals surface area contributed by atoms with E-state index in [2.05, 4.69) is 4.98 Å². The molecular weight excluding hydrogens is 432 g/mol. The van der Waals surface area contributed by atoms with E-state index in [1.807, 2.05) is 0 Å². The average molecular weight is 450 g/mol. The fraction of sp³-hybridized carbons (Fsp3) is 0.381. The highest BCUT2D eigenvalue weighted by Crippen LogP contribution is 2.68. The lowest BCUT2D eigenvalue weighted by molar-refractivity contribution is -0.158. The first-order valence-electron chi connectivity index (χ1n) is 9.03. The zero-order valence-electron chi connectivity index (χ0n) is 15.9. The summed E-state index contributed by atoms with van der Waals surface area (Å²) in [7, 11) is 0. The van der Waals surface area contributed by atoms with Gasteiger partial charge in [-0.1, -0.05) is 55.8 Å². The molecule has 0 spiro atoms. The van der Waals surface area contributed by atoms with E-state index in [0.29, 0.717) is 11.8 Å². The van der Waals surface area contributed by atoms with Gasteiger partial charge in [0.15, 0.2) is 0 Å². The van der Waals surface area contributed by atoms with E-state index in [4.69, 9.17) is 16.3 Å². The van der Waals surface area contributed by atoms with Crippen LogP contribution in [-0.4, -0.2) is 17.3 Å². The summed E-state index contributed by atoms with van der Waals surface area (Å²) in [5.74, 6) is -3.85. The van der Waals surface area contributed by atoms with Gasteiger partial charge in [-0.25, -0.2) is 4.98 Å². The van der Waals surface area contributed by atoms with Crippen molar-refractivity contribution in [3.8, 4) is 11.6 Å². The molecule has 3 atom stereocenters. The molecule has 1 fully saturated rings. The molecule has 2 aromatic rings. The predicted molar refractivity (Wildman–Crippen MR) is 100 cm³/mol. The zero-order valence-corrected chi connectivity index (χ0v) is 16.7. The van der Waals surface area contributed by atoms with Crippen LogP contribution in [0, 0.1) is 17.3 Å². The van der Waals surface area contributed by atoms with Crippen LogP contribution in [0.25, 0.3) is 0 Å². The number of hydrogen-bond acceptors (Lipinski definition) is 2. The third kappa shape index (κ3) is 4.74. The number of nitrogens with zero attached hydrogens (tertiary/aromatic N) is 1. The lowest BCUT2D eigenvalue weighted by Gasteiger charge is -2.22. The van der Waals surface area contributed by atoms with Crippen LogP contribution in [0.3, 0.4) is 0 Å². The zero-order chi connectivity index (χ0) is 22.3. The van der Waals surface area contributed by atoms with Gasteiger partial charge in [-0.05, 0) is 35.4 Å². The molecule has 0 radical (unpaired) electrons. The van der Waals surface area contributed by atoms with Gasteiger partial charge in [-0.3, -0.25) is 0 Å². The van der Waals surface area contributed by atoms with Crippen molar-refractivity contribution < 1.29 is 31.1 Å². The molecule has 3 rings (SSSR count).